The minimum absolute atomic E-state index is 0.0116. The molecule has 6 heteroatoms. The fourth-order valence-corrected chi connectivity index (χ4v) is 4.64. The van der Waals surface area contributed by atoms with E-state index in [1.165, 1.54) is 0 Å². The number of rotatable bonds is 4. The lowest BCUT2D eigenvalue weighted by molar-refractivity contribution is -0.142. The summed E-state index contributed by atoms with van der Waals surface area (Å²) in [4.78, 5) is 38.1. The van der Waals surface area contributed by atoms with Gasteiger partial charge in [-0.05, 0) is 49.7 Å². The number of amides is 2. The Balaban J connectivity index is 1.28. The fraction of sp³-hybridized carbons (Fsp3) is 0.550. The zero-order chi connectivity index (χ0) is 18.3. The number of carboxylic acid groups (broad SMARTS) is 1. The molecule has 2 N–H and O–H groups in total. The van der Waals surface area contributed by atoms with Gasteiger partial charge in [0.1, 0.15) is 0 Å². The van der Waals surface area contributed by atoms with Gasteiger partial charge in [-0.2, -0.15) is 0 Å². The van der Waals surface area contributed by atoms with Crippen molar-refractivity contribution in [3.63, 3.8) is 0 Å². The van der Waals surface area contributed by atoms with Gasteiger partial charge in [-0.15, -0.1) is 0 Å². The van der Waals surface area contributed by atoms with Crippen LogP contribution in [0.4, 0.5) is 0 Å². The molecule has 1 aliphatic heterocycles. The van der Waals surface area contributed by atoms with E-state index in [0.717, 1.165) is 6.42 Å². The molecule has 4 rings (SSSR count). The summed E-state index contributed by atoms with van der Waals surface area (Å²) in [5.74, 6) is -0.472. The third-order valence-corrected chi connectivity index (χ3v) is 6.25. The SMILES string of the molecule is O=C(N[C@H]1C[C@@H](C(=O)O)[C@@H]2C[C@@H]21)C1CCN(C(=O)c2ccccc2)CC1. The molecule has 0 bridgehead atoms. The first-order valence-electron chi connectivity index (χ1n) is 9.42. The van der Waals surface area contributed by atoms with Gasteiger partial charge in [0.25, 0.3) is 5.91 Å². The minimum atomic E-state index is -0.734. The van der Waals surface area contributed by atoms with E-state index < -0.39 is 5.97 Å². The highest BCUT2D eigenvalue weighted by Gasteiger charge is 2.57. The summed E-state index contributed by atoms with van der Waals surface area (Å²) < 4.78 is 0. The highest BCUT2D eigenvalue weighted by Crippen LogP contribution is 2.55. The average molecular weight is 356 g/mol. The second-order valence-corrected chi connectivity index (χ2v) is 7.79. The van der Waals surface area contributed by atoms with E-state index in [-0.39, 0.29) is 35.6 Å². The van der Waals surface area contributed by atoms with Gasteiger partial charge in [-0.25, -0.2) is 0 Å². The Hall–Kier alpha value is -2.37. The van der Waals surface area contributed by atoms with Crippen LogP contribution < -0.4 is 5.32 Å². The van der Waals surface area contributed by atoms with Gasteiger partial charge in [0.05, 0.1) is 5.92 Å². The number of likely N-dealkylation sites (tertiary alicyclic amines) is 1. The number of nitrogens with zero attached hydrogens (tertiary/aromatic N) is 1. The first-order chi connectivity index (χ1) is 12.5. The van der Waals surface area contributed by atoms with Gasteiger partial charge in [-0.1, -0.05) is 18.2 Å². The number of carboxylic acids is 1. The molecule has 1 saturated heterocycles. The Morgan fingerprint density at radius 1 is 1.00 bits per heavy atom. The number of carbonyl (C=O) groups is 3. The van der Waals surface area contributed by atoms with Gasteiger partial charge >= 0.3 is 5.97 Å². The number of fused-ring (bicyclic) bond motifs is 1. The normalized spacial score (nSPS) is 30.5. The van der Waals surface area contributed by atoms with Gasteiger partial charge < -0.3 is 15.3 Å². The number of benzene rings is 1. The van der Waals surface area contributed by atoms with Crippen molar-refractivity contribution in [2.24, 2.45) is 23.7 Å². The van der Waals surface area contributed by atoms with Gasteiger partial charge in [0.2, 0.25) is 5.91 Å². The van der Waals surface area contributed by atoms with Crippen LogP contribution in [0.15, 0.2) is 30.3 Å². The highest BCUT2D eigenvalue weighted by molar-refractivity contribution is 5.94. The summed E-state index contributed by atoms with van der Waals surface area (Å²) >= 11 is 0. The maximum Gasteiger partial charge on any atom is 0.306 e. The Morgan fingerprint density at radius 2 is 1.69 bits per heavy atom. The lowest BCUT2D eigenvalue weighted by atomic mass is 9.94. The molecule has 3 fully saturated rings. The molecule has 1 heterocycles. The van der Waals surface area contributed by atoms with Crippen molar-refractivity contribution in [3.05, 3.63) is 35.9 Å². The Morgan fingerprint density at radius 3 is 2.31 bits per heavy atom. The molecule has 0 unspecified atom stereocenters. The Bertz CT molecular complexity index is 712. The molecule has 138 valence electrons. The second kappa shape index (κ2) is 6.74. The monoisotopic (exact) mass is 356 g/mol. The highest BCUT2D eigenvalue weighted by atomic mass is 16.4. The maximum absolute atomic E-state index is 12.6. The summed E-state index contributed by atoms with van der Waals surface area (Å²) in [7, 11) is 0. The van der Waals surface area contributed by atoms with Crippen molar-refractivity contribution in [2.75, 3.05) is 13.1 Å². The molecule has 2 amide bonds. The van der Waals surface area contributed by atoms with Gasteiger partial charge in [0.15, 0.2) is 0 Å². The first kappa shape index (κ1) is 17.1. The van der Waals surface area contributed by atoms with E-state index in [2.05, 4.69) is 5.32 Å². The van der Waals surface area contributed by atoms with Crippen LogP contribution in [-0.4, -0.2) is 46.9 Å². The summed E-state index contributed by atoms with van der Waals surface area (Å²) in [6, 6.07) is 9.22. The van der Waals surface area contributed by atoms with Crippen LogP contribution in [0.3, 0.4) is 0 Å². The van der Waals surface area contributed by atoms with Crippen LogP contribution in [0.25, 0.3) is 0 Å². The summed E-state index contributed by atoms with van der Waals surface area (Å²) in [6.45, 7) is 1.17. The van der Waals surface area contributed by atoms with Crippen molar-refractivity contribution < 1.29 is 19.5 Å². The van der Waals surface area contributed by atoms with Crippen molar-refractivity contribution in [1.82, 2.24) is 10.2 Å². The van der Waals surface area contributed by atoms with Crippen LogP contribution in [0.5, 0.6) is 0 Å². The second-order valence-electron chi connectivity index (χ2n) is 7.79. The quantitative estimate of drug-likeness (QED) is 0.861. The topological polar surface area (TPSA) is 86.7 Å². The van der Waals surface area contributed by atoms with E-state index in [0.29, 0.717) is 43.8 Å². The zero-order valence-electron chi connectivity index (χ0n) is 14.6. The van der Waals surface area contributed by atoms with Crippen molar-refractivity contribution in [2.45, 2.75) is 31.7 Å². The van der Waals surface area contributed by atoms with Gasteiger partial charge in [-0.3, -0.25) is 14.4 Å². The summed E-state index contributed by atoms with van der Waals surface area (Å²) in [5, 5.41) is 12.3. The molecule has 0 radical (unpaired) electrons. The zero-order valence-corrected chi connectivity index (χ0v) is 14.6. The third kappa shape index (κ3) is 3.20. The molecular weight excluding hydrogens is 332 g/mol. The molecule has 0 spiro atoms. The molecule has 4 atom stereocenters. The summed E-state index contributed by atoms with van der Waals surface area (Å²) in [6.07, 6.45) is 2.80. The number of piperidine rings is 1. The van der Waals surface area contributed by atoms with E-state index in [1.54, 1.807) is 0 Å². The molecule has 1 aromatic carbocycles. The Kier molecular flexibility index (Phi) is 4.42. The standard InChI is InChI=1S/C20H24N2O4/c23-18(21-17-11-16(20(25)26)14-10-15(14)17)12-6-8-22(9-7-12)19(24)13-4-2-1-3-5-13/h1-5,12,14-17H,6-11H2,(H,21,23)(H,25,26)/t14-,15+,16-,17+/m1/s1. The van der Waals surface area contributed by atoms with Crippen LogP contribution in [0.2, 0.25) is 0 Å². The average Bonchev–Trinajstić information content (AvgIpc) is 3.38. The van der Waals surface area contributed by atoms with E-state index >= 15 is 0 Å². The fourth-order valence-electron chi connectivity index (χ4n) is 4.64. The van der Waals surface area contributed by atoms with E-state index in [1.807, 2.05) is 35.2 Å². The molecule has 26 heavy (non-hydrogen) atoms. The maximum atomic E-state index is 12.6. The van der Waals surface area contributed by atoms with Crippen molar-refractivity contribution in [1.29, 1.82) is 0 Å². The van der Waals surface area contributed by atoms with E-state index in [4.69, 9.17) is 0 Å². The molecule has 0 aromatic heterocycles. The van der Waals surface area contributed by atoms with Crippen LogP contribution in [0, 0.1) is 23.7 Å². The van der Waals surface area contributed by atoms with Crippen LogP contribution >= 0.6 is 0 Å². The minimum Gasteiger partial charge on any atom is -0.481 e. The third-order valence-electron chi connectivity index (χ3n) is 6.25. The predicted molar refractivity (Wildman–Crippen MR) is 94.3 cm³/mol. The largest absolute Gasteiger partial charge is 0.481 e. The molecule has 2 aliphatic carbocycles. The van der Waals surface area contributed by atoms with Crippen LogP contribution in [0.1, 0.15) is 36.0 Å². The van der Waals surface area contributed by atoms with Gasteiger partial charge in [0, 0.05) is 30.6 Å². The smallest absolute Gasteiger partial charge is 0.306 e. The lowest BCUT2D eigenvalue weighted by Gasteiger charge is -2.32. The number of aliphatic carboxylic acids is 1. The molecule has 2 saturated carbocycles. The Labute approximate surface area is 152 Å². The number of nitrogens with one attached hydrogen (secondary N) is 1. The number of hydrogen-bond donors (Lipinski definition) is 2. The first-order valence-corrected chi connectivity index (χ1v) is 9.42. The number of carbonyl (C=O) groups excluding carboxylic acids is 2. The molecule has 6 nitrogen and oxygen atoms in total. The molecule has 1 aromatic rings. The van der Waals surface area contributed by atoms with E-state index in [9.17, 15) is 19.5 Å². The lowest BCUT2D eigenvalue weighted by Crippen LogP contribution is -2.45. The molecule has 3 aliphatic rings. The number of hydrogen-bond acceptors (Lipinski definition) is 3. The predicted octanol–water partition coefficient (Wildman–Crippen LogP) is 1.76. The summed E-state index contributed by atoms with van der Waals surface area (Å²) in [5.41, 5.74) is 0.681. The van der Waals surface area contributed by atoms with Crippen molar-refractivity contribution in [3.8, 4) is 0 Å². The van der Waals surface area contributed by atoms with Crippen molar-refractivity contribution >= 4 is 17.8 Å². The molecular formula is C20H24N2O4. The van der Waals surface area contributed by atoms with Crippen LogP contribution in [-0.2, 0) is 9.59 Å².